The topological polar surface area (TPSA) is 12.0 Å². The number of hydrogen-bond acceptors (Lipinski definition) is 2. The predicted molar refractivity (Wildman–Crippen MR) is 82.3 cm³/mol. The summed E-state index contributed by atoms with van der Waals surface area (Å²) in [7, 11) is 0. The van der Waals surface area contributed by atoms with Crippen molar-refractivity contribution >= 4 is 21.4 Å². The molecule has 0 saturated heterocycles. The Labute approximate surface area is 118 Å². The summed E-state index contributed by atoms with van der Waals surface area (Å²) in [6, 6.07) is 7.47. The minimum atomic E-state index is -0.161. The van der Waals surface area contributed by atoms with Crippen molar-refractivity contribution in [3.8, 4) is 0 Å². The number of fused-ring (bicyclic) bond motifs is 1. The second-order valence-electron chi connectivity index (χ2n) is 6.08. The second kappa shape index (κ2) is 5.59. The number of thiophene rings is 1. The Morgan fingerprint density at radius 2 is 2.00 bits per heavy atom. The molecular formula is C16H22FNS. The summed E-state index contributed by atoms with van der Waals surface area (Å²) in [5.41, 5.74) is 0.147. The molecule has 0 aliphatic heterocycles. The fourth-order valence-corrected chi connectivity index (χ4v) is 3.67. The van der Waals surface area contributed by atoms with E-state index in [0.717, 1.165) is 23.1 Å². The van der Waals surface area contributed by atoms with Gasteiger partial charge in [0.2, 0.25) is 0 Å². The molecule has 0 aliphatic carbocycles. The summed E-state index contributed by atoms with van der Waals surface area (Å²) in [6.45, 7) is 9.90. The molecule has 19 heavy (non-hydrogen) atoms. The van der Waals surface area contributed by atoms with Crippen molar-refractivity contribution in [2.24, 2.45) is 5.41 Å². The quantitative estimate of drug-likeness (QED) is 0.818. The molecular weight excluding hydrogens is 257 g/mol. The lowest BCUT2D eigenvalue weighted by atomic mass is 9.85. The largest absolute Gasteiger partial charge is 0.309 e. The molecule has 1 heterocycles. The first kappa shape index (κ1) is 14.5. The molecule has 3 heteroatoms. The maximum atomic E-state index is 13.3. The lowest BCUT2D eigenvalue weighted by Gasteiger charge is -2.31. The van der Waals surface area contributed by atoms with Crippen LogP contribution in [0, 0.1) is 11.2 Å². The summed E-state index contributed by atoms with van der Waals surface area (Å²) in [4.78, 5) is 1.29. The van der Waals surface area contributed by atoms with Crippen LogP contribution in [0.4, 0.5) is 4.39 Å². The van der Waals surface area contributed by atoms with Crippen molar-refractivity contribution in [1.82, 2.24) is 5.32 Å². The van der Waals surface area contributed by atoms with E-state index < -0.39 is 0 Å². The van der Waals surface area contributed by atoms with Gasteiger partial charge in [-0.15, -0.1) is 11.3 Å². The molecule has 0 saturated carbocycles. The molecule has 1 unspecified atom stereocenters. The van der Waals surface area contributed by atoms with Crippen LogP contribution in [-0.4, -0.2) is 6.54 Å². The molecule has 0 spiro atoms. The van der Waals surface area contributed by atoms with Gasteiger partial charge in [-0.3, -0.25) is 0 Å². The highest BCUT2D eigenvalue weighted by molar-refractivity contribution is 7.19. The Hall–Kier alpha value is -0.930. The van der Waals surface area contributed by atoms with Crippen molar-refractivity contribution in [1.29, 1.82) is 0 Å². The Balaban J connectivity index is 2.38. The Morgan fingerprint density at radius 1 is 1.26 bits per heavy atom. The van der Waals surface area contributed by atoms with E-state index in [0.29, 0.717) is 6.04 Å². The van der Waals surface area contributed by atoms with Gasteiger partial charge in [0.05, 0.1) is 0 Å². The molecule has 2 rings (SSSR count). The lowest BCUT2D eigenvalue weighted by Crippen LogP contribution is -2.32. The highest BCUT2D eigenvalue weighted by Crippen LogP contribution is 2.39. The first-order valence-corrected chi connectivity index (χ1v) is 7.66. The van der Waals surface area contributed by atoms with Crippen LogP contribution in [0.5, 0.6) is 0 Å². The number of benzene rings is 1. The SMILES string of the molecule is CCCNC(c1cc2cc(F)ccc2s1)C(C)(C)C. The minimum Gasteiger partial charge on any atom is -0.309 e. The monoisotopic (exact) mass is 279 g/mol. The van der Waals surface area contributed by atoms with E-state index >= 15 is 0 Å². The zero-order valence-electron chi connectivity index (χ0n) is 12.1. The lowest BCUT2D eigenvalue weighted by molar-refractivity contribution is 0.277. The smallest absolute Gasteiger partial charge is 0.123 e. The molecule has 1 N–H and O–H groups in total. The average molecular weight is 279 g/mol. The summed E-state index contributed by atoms with van der Waals surface area (Å²) in [5, 5.41) is 4.62. The molecule has 1 atom stereocenters. The molecule has 1 aromatic heterocycles. The van der Waals surface area contributed by atoms with E-state index in [4.69, 9.17) is 0 Å². The molecule has 2 aromatic rings. The Kier molecular flexibility index (Phi) is 4.26. The van der Waals surface area contributed by atoms with E-state index in [-0.39, 0.29) is 11.2 Å². The Bertz CT molecular complexity index is 553. The Morgan fingerprint density at radius 3 is 2.63 bits per heavy atom. The van der Waals surface area contributed by atoms with Gasteiger partial charge >= 0.3 is 0 Å². The normalized spacial score (nSPS) is 13.9. The summed E-state index contributed by atoms with van der Waals surface area (Å²) < 4.78 is 14.4. The van der Waals surface area contributed by atoms with Crippen LogP contribution in [0.3, 0.4) is 0 Å². The average Bonchev–Trinajstić information content (AvgIpc) is 2.70. The van der Waals surface area contributed by atoms with Crippen molar-refractivity contribution < 1.29 is 4.39 Å². The van der Waals surface area contributed by atoms with Crippen LogP contribution < -0.4 is 5.32 Å². The van der Waals surface area contributed by atoms with Gasteiger partial charge in [-0.2, -0.15) is 0 Å². The highest BCUT2D eigenvalue weighted by atomic mass is 32.1. The third kappa shape index (κ3) is 3.34. The summed E-state index contributed by atoms with van der Waals surface area (Å²) in [6.07, 6.45) is 1.12. The molecule has 0 radical (unpaired) electrons. The minimum absolute atomic E-state index is 0.147. The summed E-state index contributed by atoms with van der Waals surface area (Å²) in [5.74, 6) is -0.161. The van der Waals surface area contributed by atoms with Gasteiger partial charge in [-0.1, -0.05) is 27.7 Å². The predicted octanol–water partition coefficient (Wildman–Crippen LogP) is 5.13. The van der Waals surface area contributed by atoms with Gasteiger partial charge in [0.25, 0.3) is 0 Å². The molecule has 104 valence electrons. The molecule has 1 aromatic carbocycles. The maximum absolute atomic E-state index is 13.3. The van der Waals surface area contributed by atoms with Crippen molar-refractivity contribution in [3.05, 3.63) is 35.0 Å². The van der Waals surface area contributed by atoms with Gasteiger partial charge in [-0.25, -0.2) is 4.39 Å². The first-order chi connectivity index (χ1) is 8.91. The van der Waals surface area contributed by atoms with E-state index in [2.05, 4.69) is 39.1 Å². The number of halogens is 1. The van der Waals surface area contributed by atoms with E-state index in [1.54, 1.807) is 17.4 Å². The van der Waals surface area contributed by atoms with E-state index in [1.165, 1.54) is 10.9 Å². The molecule has 1 nitrogen and oxygen atoms in total. The highest BCUT2D eigenvalue weighted by Gasteiger charge is 2.27. The van der Waals surface area contributed by atoms with Crippen LogP contribution in [-0.2, 0) is 0 Å². The third-order valence-electron chi connectivity index (χ3n) is 3.25. The second-order valence-corrected chi connectivity index (χ2v) is 7.20. The van der Waals surface area contributed by atoms with Crippen LogP contribution in [0.15, 0.2) is 24.3 Å². The van der Waals surface area contributed by atoms with Crippen LogP contribution in [0.25, 0.3) is 10.1 Å². The fourth-order valence-electron chi connectivity index (χ4n) is 2.30. The number of rotatable bonds is 4. The van der Waals surface area contributed by atoms with Crippen LogP contribution >= 0.6 is 11.3 Å². The number of hydrogen-bond donors (Lipinski definition) is 1. The summed E-state index contributed by atoms with van der Waals surface area (Å²) >= 11 is 1.76. The van der Waals surface area contributed by atoms with Crippen LogP contribution in [0.2, 0.25) is 0 Å². The van der Waals surface area contributed by atoms with Crippen molar-refractivity contribution in [2.75, 3.05) is 6.54 Å². The van der Waals surface area contributed by atoms with Gasteiger partial charge in [0, 0.05) is 15.6 Å². The molecule has 0 aliphatic rings. The zero-order valence-corrected chi connectivity index (χ0v) is 12.9. The van der Waals surface area contributed by atoms with Gasteiger partial charge in [0.1, 0.15) is 5.82 Å². The first-order valence-electron chi connectivity index (χ1n) is 6.84. The van der Waals surface area contributed by atoms with Gasteiger partial charge in [-0.05, 0) is 48.0 Å². The van der Waals surface area contributed by atoms with Crippen LogP contribution in [0.1, 0.15) is 45.0 Å². The molecule has 0 bridgehead atoms. The van der Waals surface area contributed by atoms with Gasteiger partial charge in [0.15, 0.2) is 0 Å². The van der Waals surface area contributed by atoms with Crippen molar-refractivity contribution in [3.63, 3.8) is 0 Å². The standard InChI is InChI=1S/C16H22FNS/c1-5-8-18-15(16(2,3)4)14-10-11-9-12(17)6-7-13(11)19-14/h6-7,9-10,15,18H,5,8H2,1-4H3. The zero-order chi connectivity index (χ0) is 14.0. The molecule has 0 amide bonds. The van der Waals surface area contributed by atoms with E-state index in [9.17, 15) is 4.39 Å². The van der Waals surface area contributed by atoms with Crippen molar-refractivity contribution in [2.45, 2.75) is 40.2 Å². The molecule has 0 fully saturated rings. The van der Waals surface area contributed by atoms with Gasteiger partial charge < -0.3 is 5.32 Å². The fraction of sp³-hybridized carbons (Fsp3) is 0.500. The third-order valence-corrected chi connectivity index (χ3v) is 4.43. The number of nitrogens with one attached hydrogen (secondary N) is 1. The maximum Gasteiger partial charge on any atom is 0.123 e. The van der Waals surface area contributed by atoms with E-state index in [1.807, 2.05) is 6.07 Å².